The van der Waals surface area contributed by atoms with Gasteiger partial charge in [-0.2, -0.15) is 0 Å². The third-order valence-electron chi connectivity index (χ3n) is 3.50. The highest BCUT2D eigenvalue weighted by Gasteiger charge is 2.18. The molecule has 3 nitrogen and oxygen atoms in total. The van der Waals surface area contributed by atoms with Crippen LogP contribution in [-0.2, 0) is 0 Å². The maximum atomic E-state index is 4.81. The van der Waals surface area contributed by atoms with Crippen molar-refractivity contribution in [3.63, 3.8) is 0 Å². The molecule has 0 aliphatic rings. The number of fused-ring (bicyclic) bond motifs is 1. The predicted octanol–water partition coefficient (Wildman–Crippen LogP) is 4.01. The fourth-order valence-electron chi connectivity index (χ4n) is 2.50. The van der Waals surface area contributed by atoms with Crippen LogP contribution in [0.5, 0.6) is 0 Å². The molecule has 4 heteroatoms. The minimum atomic E-state index is 0.0105. The minimum absolute atomic E-state index is 0.0105. The molecule has 0 fully saturated rings. The van der Waals surface area contributed by atoms with E-state index in [-0.39, 0.29) is 6.04 Å². The van der Waals surface area contributed by atoms with Crippen LogP contribution in [0.4, 0.5) is 0 Å². The van der Waals surface area contributed by atoms with E-state index in [4.69, 9.17) is 4.98 Å². The summed E-state index contributed by atoms with van der Waals surface area (Å²) in [6.07, 6.45) is 3.75. The van der Waals surface area contributed by atoms with Crippen molar-refractivity contribution in [2.75, 3.05) is 7.05 Å². The van der Waals surface area contributed by atoms with Gasteiger partial charge in [0.1, 0.15) is 0 Å². The number of benzene rings is 1. The number of nitrogens with one attached hydrogen (secondary N) is 1. The third kappa shape index (κ3) is 2.82. The molecule has 0 aliphatic carbocycles. The average Bonchev–Trinajstić information content (AvgIpc) is 2.48. The molecule has 1 unspecified atom stereocenters. The van der Waals surface area contributed by atoms with Crippen molar-refractivity contribution in [2.45, 2.75) is 13.0 Å². The van der Waals surface area contributed by atoms with E-state index in [2.05, 4.69) is 44.4 Å². The predicted molar refractivity (Wildman–Crippen MR) is 89.3 cm³/mol. The smallest absolute Gasteiger partial charge is 0.0775 e. The molecule has 0 saturated carbocycles. The molecule has 3 rings (SSSR count). The zero-order valence-corrected chi connectivity index (χ0v) is 13.6. The normalized spacial score (nSPS) is 12.5. The Morgan fingerprint density at radius 3 is 2.71 bits per heavy atom. The lowest BCUT2D eigenvalue weighted by molar-refractivity contribution is 0.667. The van der Waals surface area contributed by atoms with E-state index in [9.17, 15) is 0 Å². The number of halogens is 1. The first kappa shape index (κ1) is 14.2. The van der Waals surface area contributed by atoms with E-state index in [1.807, 2.05) is 44.6 Å². The van der Waals surface area contributed by atoms with Gasteiger partial charge in [0.2, 0.25) is 0 Å². The van der Waals surface area contributed by atoms with Crippen molar-refractivity contribution in [1.82, 2.24) is 15.3 Å². The van der Waals surface area contributed by atoms with Crippen LogP contribution in [0, 0.1) is 6.92 Å². The van der Waals surface area contributed by atoms with Crippen molar-refractivity contribution in [3.8, 4) is 0 Å². The Balaban J connectivity index is 2.14. The topological polar surface area (TPSA) is 37.8 Å². The number of hydrogen-bond donors (Lipinski definition) is 1. The van der Waals surface area contributed by atoms with Crippen LogP contribution in [0.15, 0.2) is 53.3 Å². The van der Waals surface area contributed by atoms with Crippen LogP contribution in [0.2, 0.25) is 0 Å². The highest BCUT2D eigenvalue weighted by molar-refractivity contribution is 9.10. The minimum Gasteiger partial charge on any atom is -0.308 e. The number of rotatable bonds is 3. The lowest BCUT2D eigenvalue weighted by Gasteiger charge is -2.18. The van der Waals surface area contributed by atoms with Gasteiger partial charge in [-0.1, -0.05) is 24.3 Å². The molecule has 0 radical (unpaired) electrons. The monoisotopic (exact) mass is 341 g/mol. The molecule has 0 bridgehead atoms. The molecule has 0 aliphatic heterocycles. The molecule has 0 amide bonds. The van der Waals surface area contributed by atoms with Gasteiger partial charge in [0, 0.05) is 22.3 Å². The van der Waals surface area contributed by atoms with Crippen LogP contribution in [-0.4, -0.2) is 17.0 Å². The summed E-state index contributed by atoms with van der Waals surface area (Å²) in [5, 5.41) is 4.46. The first-order valence-electron chi connectivity index (χ1n) is 6.83. The van der Waals surface area contributed by atoms with Gasteiger partial charge in [-0.25, -0.2) is 4.98 Å². The van der Waals surface area contributed by atoms with Crippen LogP contribution in [0.3, 0.4) is 0 Å². The molecule has 1 aromatic carbocycles. The first-order chi connectivity index (χ1) is 10.2. The Hall–Kier alpha value is -1.78. The molecule has 2 heterocycles. The van der Waals surface area contributed by atoms with Gasteiger partial charge in [-0.05, 0) is 53.2 Å². The summed E-state index contributed by atoms with van der Waals surface area (Å²) in [7, 11) is 1.94. The Labute approximate surface area is 132 Å². The Kier molecular flexibility index (Phi) is 3.99. The number of nitrogens with zero attached hydrogens (tertiary/aromatic N) is 2. The van der Waals surface area contributed by atoms with Gasteiger partial charge in [-0.3, -0.25) is 4.98 Å². The number of aryl methyl sites for hydroxylation is 1. The summed E-state index contributed by atoms with van der Waals surface area (Å²) in [6, 6.07) is 12.4. The summed E-state index contributed by atoms with van der Waals surface area (Å²) in [4.78, 5) is 9.10. The Morgan fingerprint density at radius 1 is 1.14 bits per heavy atom. The second kappa shape index (κ2) is 5.92. The van der Waals surface area contributed by atoms with E-state index in [0.717, 1.165) is 32.2 Å². The van der Waals surface area contributed by atoms with Gasteiger partial charge in [0.25, 0.3) is 0 Å². The summed E-state index contributed by atoms with van der Waals surface area (Å²) >= 11 is 3.65. The fourth-order valence-corrected chi connectivity index (χ4v) is 3.07. The molecule has 3 aromatic rings. The van der Waals surface area contributed by atoms with Gasteiger partial charge in [0.05, 0.1) is 17.3 Å². The maximum absolute atomic E-state index is 4.81. The van der Waals surface area contributed by atoms with Crippen molar-refractivity contribution in [3.05, 3.63) is 70.1 Å². The van der Waals surface area contributed by atoms with Crippen LogP contribution in [0.1, 0.15) is 22.9 Å². The average molecular weight is 342 g/mol. The summed E-state index contributed by atoms with van der Waals surface area (Å²) < 4.78 is 1.00. The van der Waals surface area contributed by atoms with Crippen LogP contribution in [0.25, 0.3) is 10.9 Å². The quantitative estimate of drug-likeness (QED) is 0.782. The van der Waals surface area contributed by atoms with Crippen molar-refractivity contribution in [2.24, 2.45) is 0 Å². The second-order valence-corrected chi connectivity index (χ2v) is 5.92. The summed E-state index contributed by atoms with van der Waals surface area (Å²) in [5.74, 6) is 0. The molecule has 0 saturated heterocycles. The zero-order valence-electron chi connectivity index (χ0n) is 12.0. The van der Waals surface area contributed by atoms with E-state index in [0.29, 0.717) is 0 Å². The number of pyridine rings is 2. The Morgan fingerprint density at radius 2 is 1.95 bits per heavy atom. The Bertz CT molecular complexity index is 786. The fraction of sp³-hybridized carbons (Fsp3) is 0.176. The second-order valence-electron chi connectivity index (χ2n) is 5.07. The molecular formula is C17H16BrN3. The molecule has 2 aromatic heterocycles. The van der Waals surface area contributed by atoms with E-state index < -0.39 is 0 Å². The molecule has 1 atom stereocenters. The van der Waals surface area contributed by atoms with E-state index >= 15 is 0 Å². The van der Waals surface area contributed by atoms with Crippen molar-refractivity contribution >= 4 is 26.8 Å². The zero-order chi connectivity index (χ0) is 14.8. The standard InChI is InChI=1S/C17H16BrN3/c1-11-7-13(10-20-9-11)16(19-2)17-14(18)8-12-5-3-4-6-15(12)21-17/h3-10,16,19H,1-2H3. The molecular weight excluding hydrogens is 326 g/mol. The summed E-state index contributed by atoms with van der Waals surface area (Å²) in [6.45, 7) is 2.05. The number of aromatic nitrogens is 2. The van der Waals surface area contributed by atoms with E-state index in [1.165, 1.54) is 0 Å². The van der Waals surface area contributed by atoms with Gasteiger partial charge in [-0.15, -0.1) is 0 Å². The van der Waals surface area contributed by atoms with Crippen LogP contribution >= 0.6 is 15.9 Å². The summed E-state index contributed by atoms with van der Waals surface area (Å²) in [5.41, 5.74) is 4.23. The number of hydrogen-bond acceptors (Lipinski definition) is 3. The lowest BCUT2D eigenvalue weighted by Crippen LogP contribution is -2.20. The maximum Gasteiger partial charge on any atom is 0.0775 e. The van der Waals surface area contributed by atoms with E-state index in [1.54, 1.807) is 0 Å². The highest BCUT2D eigenvalue weighted by Crippen LogP contribution is 2.29. The molecule has 106 valence electrons. The number of para-hydroxylation sites is 1. The third-order valence-corrected chi connectivity index (χ3v) is 4.13. The van der Waals surface area contributed by atoms with Gasteiger partial charge < -0.3 is 5.32 Å². The largest absolute Gasteiger partial charge is 0.308 e. The van der Waals surface area contributed by atoms with Gasteiger partial charge in [0.15, 0.2) is 0 Å². The molecule has 21 heavy (non-hydrogen) atoms. The van der Waals surface area contributed by atoms with Crippen molar-refractivity contribution in [1.29, 1.82) is 0 Å². The van der Waals surface area contributed by atoms with Crippen molar-refractivity contribution < 1.29 is 0 Å². The van der Waals surface area contributed by atoms with Gasteiger partial charge >= 0.3 is 0 Å². The molecule has 1 N–H and O–H groups in total. The highest BCUT2D eigenvalue weighted by atomic mass is 79.9. The lowest BCUT2D eigenvalue weighted by atomic mass is 10.0. The first-order valence-corrected chi connectivity index (χ1v) is 7.62. The van der Waals surface area contributed by atoms with Crippen LogP contribution < -0.4 is 5.32 Å². The molecule has 0 spiro atoms. The SMILES string of the molecule is CNC(c1cncc(C)c1)c1nc2ccccc2cc1Br.